The number of ether oxygens (including phenoxy) is 1. The van der Waals surface area contributed by atoms with Gasteiger partial charge in [0, 0.05) is 0 Å². The number of hydrogen-bond acceptors (Lipinski definition) is 3. The highest BCUT2D eigenvalue weighted by atomic mass is 16.5. The molecule has 1 heterocycles. The summed E-state index contributed by atoms with van der Waals surface area (Å²) in [6, 6.07) is 18.1. The Labute approximate surface area is 206 Å². The summed E-state index contributed by atoms with van der Waals surface area (Å²) in [6.45, 7) is 1.98. The van der Waals surface area contributed by atoms with E-state index < -0.39 is 5.54 Å². The van der Waals surface area contributed by atoms with Gasteiger partial charge < -0.3 is 10.1 Å². The molecule has 1 amide bonds. The van der Waals surface area contributed by atoms with E-state index in [2.05, 4.69) is 29.6 Å². The van der Waals surface area contributed by atoms with Crippen LogP contribution >= 0.6 is 0 Å². The molecule has 35 heavy (non-hydrogen) atoms. The smallest absolute Gasteiger partial charge is 0.256 e. The predicted octanol–water partition coefficient (Wildman–Crippen LogP) is 6.29. The van der Waals surface area contributed by atoms with Crippen LogP contribution in [-0.2, 0) is 5.54 Å². The van der Waals surface area contributed by atoms with Gasteiger partial charge in [-0.1, -0.05) is 73.6 Å². The zero-order chi connectivity index (χ0) is 24.3. The largest absolute Gasteiger partial charge is 0.497 e. The van der Waals surface area contributed by atoms with E-state index in [1.54, 1.807) is 7.11 Å². The quantitative estimate of drug-likeness (QED) is 0.466. The molecule has 0 spiro atoms. The molecular weight excluding hydrogens is 434 g/mol. The van der Waals surface area contributed by atoms with Gasteiger partial charge in [-0.15, -0.1) is 0 Å². The van der Waals surface area contributed by atoms with Crippen LogP contribution in [0.1, 0.15) is 59.4 Å². The molecule has 5 heteroatoms. The Morgan fingerprint density at radius 3 is 2.63 bits per heavy atom. The number of rotatable bonds is 6. The number of amides is 1. The fraction of sp³-hybridized carbons (Fsp3) is 0.267. The molecule has 2 aliphatic rings. The minimum absolute atomic E-state index is 0.0871. The number of nitrogens with one attached hydrogen (secondary N) is 1. The van der Waals surface area contributed by atoms with Gasteiger partial charge in [-0.05, 0) is 61.6 Å². The zero-order valence-electron chi connectivity index (χ0n) is 20.3. The summed E-state index contributed by atoms with van der Waals surface area (Å²) in [5.41, 5.74) is 4.73. The van der Waals surface area contributed by atoms with E-state index >= 15 is 0 Å². The SMILES string of the molecule is COc1cccc(C2(NC(=O)c3c(C4=CCC=CC=C4)nn(-c4ccccc4)c3C)CCCC2)c1. The van der Waals surface area contributed by atoms with Crippen molar-refractivity contribution in [2.45, 2.75) is 44.6 Å². The molecule has 2 aromatic carbocycles. The van der Waals surface area contributed by atoms with E-state index in [4.69, 9.17) is 9.84 Å². The van der Waals surface area contributed by atoms with Crippen LogP contribution in [0.3, 0.4) is 0 Å². The van der Waals surface area contributed by atoms with Crippen LogP contribution in [-0.4, -0.2) is 22.8 Å². The molecule has 0 unspecified atom stereocenters. The molecular formula is C30H31N3O2. The van der Waals surface area contributed by atoms with Gasteiger partial charge in [-0.3, -0.25) is 4.79 Å². The van der Waals surface area contributed by atoms with Gasteiger partial charge >= 0.3 is 0 Å². The van der Waals surface area contributed by atoms with Crippen molar-refractivity contribution in [2.24, 2.45) is 0 Å². The number of methoxy groups -OCH3 is 1. The average molecular weight is 466 g/mol. The zero-order valence-corrected chi connectivity index (χ0v) is 20.3. The van der Waals surface area contributed by atoms with E-state index in [9.17, 15) is 4.79 Å². The minimum atomic E-state index is -0.417. The summed E-state index contributed by atoms with van der Waals surface area (Å²) in [4.78, 5) is 14.1. The molecule has 1 saturated carbocycles. The molecule has 1 fully saturated rings. The first-order valence-electron chi connectivity index (χ1n) is 12.3. The maximum atomic E-state index is 14.1. The molecule has 0 bridgehead atoms. The number of allylic oxidation sites excluding steroid dienone is 6. The number of nitrogens with zero attached hydrogens (tertiary/aromatic N) is 2. The van der Waals surface area contributed by atoms with Crippen LogP contribution in [0.2, 0.25) is 0 Å². The number of hydrogen-bond donors (Lipinski definition) is 1. The van der Waals surface area contributed by atoms with Crippen LogP contribution in [0.4, 0.5) is 0 Å². The Morgan fingerprint density at radius 1 is 1.06 bits per heavy atom. The van der Waals surface area contributed by atoms with E-state index in [1.807, 2.05) is 72.3 Å². The van der Waals surface area contributed by atoms with Gasteiger partial charge in [0.05, 0.1) is 29.6 Å². The van der Waals surface area contributed by atoms with Crippen molar-refractivity contribution in [2.75, 3.05) is 7.11 Å². The summed E-state index contributed by atoms with van der Waals surface area (Å²) >= 11 is 0. The van der Waals surface area contributed by atoms with Gasteiger partial charge in [-0.25, -0.2) is 4.68 Å². The molecule has 1 N–H and O–H groups in total. The first-order chi connectivity index (χ1) is 17.1. The maximum Gasteiger partial charge on any atom is 0.256 e. The second-order valence-electron chi connectivity index (χ2n) is 9.21. The summed E-state index contributed by atoms with van der Waals surface area (Å²) in [6.07, 6.45) is 15.0. The van der Waals surface area contributed by atoms with Crippen molar-refractivity contribution in [3.63, 3.8) is 0 Å². The molecule has 1 aromatic heterocycles. The predicted molar refractivity (Wildman–Crippen MR) is 140 cm³/mol. The molecule has 0 aliphatic heterocycles. The fourth-order valence-corrected chi connectivity index (χ4v) is 5.22. The molecule has 5 rings (SSSR count). The fourth-order valence-electron chi connectivity index (χ4n) is 5.22. The highest BCUT2D eigenvalue weighted by Gasteiger charge is 2.39. The number of carbonyl (C=O) groups is 1. The number of benzene rings is 2. The molecule has 5 nitrogen and oxygen atoms in total. The Morgan fingerprint density at radius 2 is 1.86 bits per heavy atom. The summed E-state index contributed by atoms with van der Waals surface area (Å²) in [7, 11) is 1.68. The summed E-state index contributed by atoms with van der Waals surface area (Å²) in [5.74, 6) is 0.717. The third-order valence-electron chi connectivity index (χ3n) is 7.05. The van der Waals surface area contributed by atoms with Crippen molar-refractivity contribution in [3.8, 4) is 11.4 Å². The van der Waals surface area contributed by atoms with Gasteiger partial charge in [0.1, 0.15) is 11.4 Å². The Kier molecular flexibility index (Phi) is 6.41. The van der Waals surface area contributed by atoms with Gasteiger partial charge in [0.15, 0.2) is 0 Å². The highest BCUT2D eigenvalue weighted by Crippen LogP contribution is 2.40. The van der Waals surface area contributed by atoms with Crippen LogP contribution in [0.15, 0.2) is 85.0 Å². The Hall–Kier alpha value is -3.86. The summed E-state index contributed by atoms with van der Waals surface area (Å²) < 4.78 is 7.36. The van der Waals surface area contributed by atoms with E-state index in [0.29, 0.717) is 11.3 Å². The maximum absolute atomic E-state index is 14.1. The lowest BCUT2D eigenvalue weighted by atomic mass is 9.87. The van der Waals surface area contributed by atoms with Crippen LogP contribution in [0.5, 0.6) is 5.75 Å². The minimum Gasteiger partial charge on any atom is -0.497 e. The Bertz CT molecular complexity index is 1310. The standard InChI is InChI=1S/C30H31N3O2/c1-22-27(29(34)31-30(19-10-11-20-30)24-15-12-18-26(21-24)35-2)28(23-13-6-3-4-7-14-23)32-33(22)25-16-8-5-9-17-25/h3-6,8-9,12-18,21H,7,10-11,19-20H2,1-2H3,(H,31,34). The third-order valence-corrected chi connectivity index (χ3v) is 7.05. The lowest BCUT2D eigenvalue weighted by molar-refractivity contribution is 0.0897. The first kappa shape index (κ1) is 22.9. The second-order valence-corrected chi connectivity index (χ2v) is 9.21. The van der Waals surface area contributed by atoms with Gasteiger partial charge in [-0.2, -0.15) is 5.10 Å². The lowest BCUT2D eigenvalue weighted by Crippen LogP contribution is -2.44. The number of aromatic nitrogens is 2. The molecule has 0 saturated heterocycles. The highest BCUT2D eigenvalue weighted by molar-refractivity contribution is 6.01. The van der Waals surface area contributed by atoms with Gasteiger partial charge in [0.25, 0.3) is 5.91 Å². The first-order valence-corrected chi connectivity index (χ1v) is 12.3. The molecule has 2 aliphatic carbocycles. The molecule has 178 valence electrons. The van der Waals surface area contributed by atoms with Crippen LogP contribution < -0.4 is 10.1 Å². The van der Waals surface area contributed by atoms with Crippen molar-refractivity contribution >= 4 is 11.5 Å². The molecule has 0 atom stereocenters. The number of carbonyl (C=O) groups excluding carboxylic acids is 1. The van der Waals surface area contributed by atoms with Crippen LogP contribution in [0, 0.1) is 6.92 Å². The normalized spacial score (nSPS) is 16.6. The van der Waals surface area contributed by atoms with Crippen LogP contribution in [0.25, 0.3) is 11.3 Å². The lowest BCUT2D eigenvalue weighted by Gasteiger charge is -2.31. The monoisotopic (exact) mass is 465 g/mol. The van der Waals surface area contributed by atoms with E-state index in [-0.39, 0.29) is 5.91 Å². The second kappa shape index (κ2) is 9.79. The average Bonchev–Trinajstić information content (AvgIpc) is 3.40. The van der Waals surface area contributed by atoms with Gasteiger partial charge in [0.2, 0.25) is 0 Å². The van der Waals surface area contributed by atoms with E-state index in [1.165, 1.54) is 0 Å². The van der Waals surface area contributed by atoms with Crippen molar-refractivity contribution < 1.29 is 9.53 Å². The molecule has 3 aromatic rings. The van der Waals surface area contributed by atoms with Crippen molar-refractivity contribution in [3.05, 3.63) is 107 Å². The topological polar surface area (TPSA) is 56.1 Å². The van der Waals surface area contributed by atoms with Crippen molar-refractivity contribution in [1.82, 2.24) is 15.1 Å². The number of para-hydroxylation sites is 1. The molecule has 0 radical (unpaired) electrons. The summed E-state index contributed by atoms with van der Waals surface area (Å²) in [5, 5.41) is 8.41. The third kappa shape index (κ3) is 4.46. The van der Waals surface area contributed by atoms with Crippen molar-refractivity contribution in [1.29, 1.82) is 0 Å². The van der Waals surface area contributed by atoms with E-state index in [0.717, 1.165) is 60.4 Å². The Balaban J connectivity index is 1.59.